The van der Waals surface area contributed by atoms with E-state index in [0.717, 1.165) is 5.56 Å². The highest BCUT2D eigenvalue weighted by Crippen LogP contribution is 2.16. The monoisotopic (exact) mass is 311 g/mol. The summed E-state index contributed by atoms with van der Waals surface area (Å²) in [5, 5.41) is 17.0. The van der Waals surface area contributed by atoms with Gasteiger partial charge in [0.2, 0.25) is 0 Å². The quantitative estimate of drug-likeness (QED) is 0.786. The van der Waals surface area contributed by atoms with Gasteiger partial charge in [0.05, 0.1) is 11.4 Å². The molecule has 116 valence electrons. The summed E-state index contributed by atoms with van der Waals surface area (Å²) in [5.74, 6) is -1.49. The van der Waals surface area contributed by atoms with E-state index in [0.29, 0.717) is 24.2 Å². The van der Waals surface area contributed by atoms with E-state index in [1.165, 1.54) is 16.8 Å². The summed E-state index contributed by atoms with van der Waals surface area (Å²) in [6.45, 7) is 0. The number of carbonyl (C=O) groups is 1. The van der Waals surface area contributed by atoms with E-state index in [4.69, 9.17) is 0 Å². The lowest BCUT2D eigenvalue weighted by molar-refractivity contribution is 0.0689. The van der Waals surface area contributed by atoms with E-state index in [2.05, 4.69) is 10.3 Å². The third-order valence-corrected chi connectivity index (χ3v) is 3.53. The Morgan fingerprint density at radius 2 is 1.74 bits per heavy atom. The van der Waals surface area contributed by atoms with Crippen LogP contribution in [0, 0.1) is 5.82 Å². The van der Waals surface area contributed by atoms with Crippen molar-refractivity contribution in [3.63, 3.8) is 0 Å². The maximum atomic E-state index is 13.1. The Morgan fingerprint density at radius 1 is 1.04 bits per heavy atom. The topological polar surface area (TPSA) is 68.0 Å². The predicted octanol–water partition coefficient (Wildman–Crippen LogP) is 2.89. The standard InChI is InChI=1S/C17H14FN3O2/c18-13-7-9-14(10-8-13)21-15(16(17(22)23)19-20-21)11-6-12-4-2-1-3-5-12/h1-5,7-10H,6,11H2,(H,22,23). The highest BCUT2D eigenvalue weighted by molar-refractivity contribution is 5.86. The van der Waals surface area contributed by atoms with E-state index in [1.54, 1.807) is 12.1 Å². The molecule has 3 rings (SSSR count). The minimum absolute atomic E-state index is 0.0785. The number of rotatable bonds is 5. The van der Waals surface area contributed by atoms with Gasteiger partial charge in [-0.05, 0) is 42.7 Å². The second-order valence-electron chi connectivity index (χ2n) is 5.06. The first-order valence-electron chi connectivity index (χ1n) is 7.13. The number of nitrogens with zero attached hydrogens (tertiary/aromatic N) is 3. The van der Waals surface area contributed by atoms with Crippen LogP contribution in [0.25, 0.3) is 5.69 Å². The van der Waals surface area contributed by atoms with Crippen molar-refractivity contribution in [3.8, 4) is 5.69 Å². The Labute approximate surface area is 132 Å². The van der Waals surface area contributed by atoms with Crippen LogP contribution in [0.2, 0.25) is 0 Å². The van der Waals surface area contributed by atoms with E-state index in [-0.39, 0.29) is 11.5 Å². The molecule has 0 spiro atoms. The van der Waals surface area contributed by atoms with Crippen molar-refractivity contribution in [2.75, 3.05) is 0 Å². The maximum absolute atomic E-state index is 13.1. The fourth-order valence-electron chi connectivity index (χ4n) is 2.39. The summed E-state index contributed by atoms with van der Waals surface area (Å²) in [6.07, 6.45) is 1.13. The summed E-state index contributed by atoms with van der Waals surface area (Å²) in [4.78, 5) is 11.4. The van der Waals surface area contributed by atoms with Crippen LogP contribution in [-0.2, 0) is 12.8 Å². The molecule has 1 aromatic heterocycles. The van der Waals surface area contributed by atoms with Gasteiger partial charge in [-0.2, -0.15) is 0 Å². The summed E-state index contributed by atoms with van der Waals surface area (Å²) >= 11 is 0. The Kier molecular flexibility index (Phi) is 4.14. The molecular weight excluding hydrogens is 297 g/mol. The summed E-state index contributed by atoms with van der Waals surface area (Å²) in [6, 6.07) is 15.4. The fraction of sp³-hybridized carbons (Fsp3) is 0.118. The summed E-state index contributed by atoms with van der Waals surface area (Å²) in [7, 11) is 0. The summed E-state index contributed by atoms with van der Waals surface area (Å²) < 4.78 is 14.5. The fourth-order valence-corrected chi connectivity index (χ4v) is 2.39. The highest BCUT2D eigenvalue weighted by atomic mass is 19.1. The molecule has 0 fully saturated rings. The van der Waals surface area contributed by atoms with Crippen LogP contribution in [0.4, 0.5) is 4.39 Å². The zero-order chi connectivity index (χ0) is 16.2. The Morgan fingerprint density at radius 3 is 2.39 bits per heavy atom. The molecule has 1 N–H and O–H groups in total. The minimum Gasteiger partial charge on any atom is -0.476 e. The van der Waals surface area contributed by atoms with Gasteiger partial charge < -0.3 is 5.11 Å². The maximum Gasteiger partial charge on any atom is 0.358 e. The van der Waals surface area contributed by atoms with Crippen LogP contribution in [0.5, 0.6) is 0 Å². The van der Waals surface area contributed by atoms with Crippen molar-refractivity contribution in [2.24, 2.45) is 0 Å². The zero-order valence-electron chi connectivity index (χ0n) is 12.2. The average molecular weight is 311 g/mol. The van der Waals surface area contributed by atoms with Crippen LogP contribution < -0.4 is 0 Å². The highest BCUT2D eigenvalue weighted by Gasteiger charge is 2.19. The molecule has 23 heavy (non-hydrogen) atoms. The van der Waals surface area contributed by atoms with Gasteiger partial charge in [0.25, 0.3) is 0 Å². The Balaban J connectivity index is 1.94. The lowest BCUT2D eigenvalue weighted by Gasteiger charge is -2.07. The molecule has 0 radical (unpaired) electrons. The van der Waals surface area contributed by atoms with Gasteiger partial charge in [0.1, 0.15) is 5.82 Å². The number of aromatic carboxylic acids is 1. The average Bonchev–Trinajstić information content (AvgIpc) is 2.99. The largest absolute Gasteiger partial charge is 0.476 e. The number of halogens is 1. The molecule has 0 aliphatic rings. The lowest BCUT2D eigenvalue weighted by atomic mass is 10.1. The van der Waals surface area contributed by atoms with Crippen LogP contribution in [0.1, 0.15) is 21.7 Å². The number of aryl methyl sites for hydroxylation is 1. The van der Waals surface area contributed by atoms with Crippen LogP contribution >= 0.6 is 0 Å². The first-order valence-corrected chi connectivity index (χ1v) is 7.13. The molecule has 0 saturated carbocycles. The lowest BCUT2D eigenvalue weighted by Crippen LogP contribution is -2.08. The van der Waals surface area contributed by atoms with Gasteiger partial charge in [-0.15, -0.1) is 5.10 Å². The minimum atomic E-state index is -1.12. The molecule has 0 unspecified atom stereocenters. The van der Waals surface area contributed by atoms with Crippen molar-refractivity contribution in [2.45, 2.75) is 12.8 Å². The SMILES string of the molecule is O=C(O)c1nnn(-c2ccc(F)cc2)c1CCc1ccccc1. The molecule has 0 atom stereocenters. The van der Waals surface area contributed by atoms with Gasteiger partial charge in [-0.25, -0.2) is 13.9 Å². The third-order valence-electron chi connectivity index (χ3n) is 3.53. The predicted molar refractivity (Wildman–Crippen MR) is 82.1 cm³/mol. The van der Waals surface area contributed by atoms with Gasteiger partial charge >= 0.3 is 5.97 Å². The van der Waals surface area contributed by atoms with E-state index in [9.17, 15) is 14.3 Å². The molecule has 0 amide bonds. The van der Waals surface area contributed by atoms with E-state index >= 15 is 0 Å². The number of benzene rings is 2. The molecule has 0 bridgehead atoms. The van der Waals surface area contributed by atoms with Gasteiger partial charge in [0, 0.05) is 0 Å². The van der Waals surface area contributed by atoms with E-state index < -0.39 is 5.97 Å². The van der Waals surface area contributed by atoms with Crippen molar-refractivity contribution >= 4 is 5.97 Å². The van der Waals surface area contributed by atoms with Crippen LogP contribution in [0.3, 0.4) is 0 Å². The molecular formula is C17H14FN3O2. The smallest absolute Gasteiger partial charge is 0.358 e. The van der Waals surface area contributed by atoms with Crippen molar-refractivity contribution < 1.29 is 14.3 Å². The normalized spacial score (nSPS) is 10.7. The Bertz CT molecular complexity index is 814. The third kappa shape index (κ3) is 3.26. The Hall–Kier alpha value is -3.02. The van der Waals surface area contributed by atoms with Crippen LogP contribution in [-0.4, -0.2) is 26.1 Å². The number of hydrogen-bond acceptors (Lipinski definition) is 3. The molecule has 3 aromatic rings. The van der Waals surface area contributed by atoms with Crippen LogP contribution in [0.15, 0.2) is 54.6 Å². The van der Waals surface area contributed by atoms with Gasteiger partial charge in [-0.3, -0.25) is 0 Å². The number of aromatic nitrogens is 3. The molecule has 0 aliphatic carbocycles. The second-order valence-corrected chi connectivity index (χ2v) is 5.06. The number of hydrogen-bond donors (Lipinski definition) is 1. The van der Waals surface area contributed by atoms with Gasteiger partial charge in [0.15, 0.2) is 5.69 Å². The van der Waals surface area contributed by atoms with Crippen molar-refractivity contribution in [1.82, 2.24) is 15.0 Å². The first-order chi connectivity index (χ1) is 11.1. The molecule has 2 aromatic carbocycles. The summed E-state index contributed by atoms with van der Waals surface area (Å²) in [5.41, 5.74) is 2.09. The molecule has 5 nitrogen and oxygen atoms in total. The first kappa shape index (κ1) is 14.9. The number of carboxylic acid groups (broad SMARTS) is 1. The van der Waals surface area contributed by atoms with Gasteiger partial charge in [-0.1, -0.05) is 35.5 Å². The second kappa shape index (κ2) is 6.39. The van der Waals surface area contributed by atoms with Crippen molar-refractivity contribution in [1.29, 1.82) is 0 Å². The molecule has 0 saturated heterocycles. The molecule has 6 heteroatoms. The molecule has 0 aliphatic heterocycles. The zero-order valence-corrected chi connectivity index (χ0v) is 12.2. The van der Waals surface area contributed by atoms with Crippen molar-refractivity contribution in [3.05, 3.63) is 77.4 Å². The number of carboxylic acids is 1. The van der Waals surface area contributed by atoms with E-state index in [1.807, 2.05) is 30.3 Å². The molecule has 1 heterocycles.